The quantitative estimate of drug-likeness (QED) is 0.658. The number of hydrogen-bond acceptors (Lipinski definition) is 4. The molecule has 1 aliphatic carbocycles. The minimum Gasteiger partial charge on any atom is -0.353 e. The van der Waals surface area contributed by atoms with Gasteiger partial charge in [0, 0.05) is 11.6 Å². The van der Waals surface area contributed by atoms with E-state index in [1.807, 2.05) is 31.2 Å². The normalized spacial score (nSPS) is 27.5. The molecule has 2 aliphatic heterocycles. The highest BCUT2D eigenvalue weighted by atomic mass is 35.5. The minimum absolute atomic E-state index is 0.0120. The van der Waals surface area contributed by atoms with Gasteiger partial charge in [-0.05, 0) is 62.4 Å². The van der Waals surface area contributed by atoms with E-state index in [9.17, 15) is 14.4 Å². The molecule has 1 spiro atoms. The molecule has 168 valence electrons. The Hall–Kier alpha value is -2.12. The summed E-state index contributed by atoms with van der Waals surface area (Å²) >= 11 is 6.19. The number of nitrogens with zero attached hydrogens (tertiary/aromatic N) is 2. The molecule has 3 atom stereocenters. The van der Waals surface area contributed by atoms with E-state index < -0.39 is 11.6 Å². The van der Waals surface area contributed by atoms with Crippen LogP contribution in [0.2, 0.25) is 5.02 Å². The van der Waals surface area contributed by atoms with E-state index in [1.165, 1.54) is 0 Å². The van der Waals surface area contributed by atoms with Crippen LogP contribution in [-0.4, -0.2) is 59.4 Å². The number of nitrogens with one attached hydrogen (secondary N) is 2. The molecular formula is C23H31ClN4O3. The van der Waals surface area contributed by atoms with E-state index in [0.717, 1.165) is 55.7 Å². The molecule has 0 radical (unpaired) electrons. The zero-order valence-electron chi connectivity index (χ0n) is 18.0. The molecule has 1 aromatic carbocycles. The van der Waals surface area contributed by atoms with Crippen LogP contribution in [0, 0.1) is 5.92 Å². The Morgan fingerprint density at radius 2 is 2.03 bits per heavy atom. The lowest BCUT2D eigenvalue weighted by Crippen LogP contribution is -2.54. The average Bonchev–Trinajstić information content (AvgIpc) is 3.34. The zero-order chi connectivity index (χ0) is 22.0. The van der Waals surface area contributed by atoms with Crippen molar-refractivity contribution in [2.75, 3.05) is 26.2 Å². The molecular weight excluding hydrogens is 416 g/mol. The summed E-state index contributed by atoms with van der Waals surface area (Å²) in [6, 6.07) is 7.26. The van der Waals surface area contributed by atoms with Gasteiger partial charge in [0.15, 0.2) is 0 Å². The van der Waals surface area contributed by atoms with Gasteiger partial charge in [-0.1, -0.05) is 43.5 Å². The number of amides is 4. The van der Waals surface area contributed by atoms with Crippen molar-refractivity contribution in [3.05, 3.63) is 34.9 Å². The molecule has 4 rings (SSSR count). The van der Waals surface area contributed by atoms with E-state index in [0.29, 0.717) is 18.0 Å². The number of urea groups is 1. The molecule has 1 saturated carbocycles. The van der Waals surface area contributed by atoms with Crippen molar-refractivity contribution >= 4 is 29.4 Å². The summed E-state index contributed by atoms with van der Waals surface area (Å²) in [5, 5.41) is 6.52. The van der Waals surface area contributed by atoms with E-state index in [4.69, 9.17) is 11.6 Å². The molecule has 0 bridgehead atoms. The highest BCUT2D eigenvalue weighted by molar-refractivity contribution is 6.30. The van der Waals surface area contributed by atoms with Crippen molar-refractivity contribution in [3.63, 3.8) is 0 Å². The predicted molar refractivity (Wildman–Crippen MR) is 119 cm³/mol. The Bertz CT molecular complexity index is 857. The van der Waals surface area contributed by atoms with Crippen LogP contribution in [0.1, 0.15) is 57.1 Å². The first kappa shape index (κ1) is 22.1. The monoisotopic (exact) mass is 446 g/mol. The van der Waals surface area contributed by atoms with Crippen molar-refractivity contribution in [1.82, 2.24) is 20.4 Å². The van der Waals surface area contributed by atoms with Gasteiger partial charge in [-0.25, -0.2) is 4.79 Å². The van der Waals surface area contributed by atoms with E-state index >= 15 is 0 Å². The van der Waals surface area contributed by atoms with Crippen molar-refractivity contribution in [2.45, 2.75) is 57.0 Å². The molecule has 8 heteroatoms. The Morgan fingerprint density at radius 3 is 2.74 bits per heavy atom. The molecule has 4 amide bonds. The number of hydrogen-bond donors (Lipinski definition) is 2. The third-order valence-corrected chi connectivity index (χ3v) is 7.35. The maximum absolute atomic E-state index is 13.1. The summed E-state index contributed by atoms with van der Waals surface area (Å²) in [4.78, 5) is 41.8. The van der Waals surface area contributed by atoms with Crippen molar-refractivity contribution in [1.29, 1.82) is 0 Å². The summed E-state index contributed by atoms with van der Waals surface area (Å²) in [5.41, 5.74) is 0.216. The van der Waals surface area contributed by atoms with Crippen molar-refractivity contribution in [3.8, 4) is 0 Å². The van der Waals surface area contributed by atoms with Crippen LogP contribution >= 0.6 is 11.6 Å². The number of imide groups is 1. The van der Waals surface area contributed by atoms with Gasteiger partial charge in [0.25, 0.3) is 5.91 Å². The Morgan fingerprint density at radius 1 is 1.26 bits per heavy atom. The van der Waals surface area contributed by atoms with Crippen LogP contribution in [0.15, 0.2) is 24.3 Å². The Labute approximate surface area is 188 Å². The fourth-order valence-electron chi connectivity index (χ4n) is 5.27. The van der Waals surface area contributed by atoms with Crippen LogP contribution in [0.3, 0.4) is 0 Å². The Kier molecular flexibility index (Phi) is 6.53. The van der Waals surface area contributed by atoms with Crippen LogP contribution in [0.25, 0.3) is 0 Å². The van der Waals surface area contributed by atoms with E-state index in [-0.39, 0.29) is 30.3 Å². The summed E-state index contributed by atoms with van der Waals surface area (Å²) in [7, 11) is 0. The topological polar surface area (TPSA) is 81.8 Å². The van der Waals surface area contributed by atoms with E-state index in [1.54, 1.807) is 0 Å². The maximum Gasteiger partial charge on any atom is 0.325 e. The highest BCUT2D eigenvalue weighted by Gasteiger charge is 2.55. The van der Waals surface area contributed by atoms with Gasteiger partial charge in [0.1, 0.15) is 12.1 Å². The lowest BCUT2D eigenvalue weighted by atomic mass is 9.73. The van der Waals surface area contributed by atoms with Gasteiger partial charge in [0.2, 0.25) is 5.91 Å². The van der Waals surface area contributed by atoms with Gasteiger partial charge >= 0.3 is 6.03 Å². The predicted octanol–water partition coefficient (Wildman–Crippen LogP) is 3.09. The van der Waals surface area contributed by atoms with Gasteiger partial charge in [0.05, 0.1) is 6.04 Å². The van der Waals surface area contributed by atoms with Crippen LogP contribution in [-0.2, 0) is 9.59 Å². The standard InChI is InChI=1S/C23H31ClN4O3/c1-16-7-2-3-10-23(16)21(30)28(22(31)26-23)15-20(29)25-14-19(27-11-4-5-12-27)17-8-6-9-18(24)13-17/h6,8-9,13,16,19H,2-5,7,10-12,14-15H2,1H3,(H,25,29)(H,26,31). The second-order valence-electron chi connectivity index (χ2n) is 9.06. The van der Waals surface area contributed by atoms with Gasteiger partial charge in [-0.2, -0.15) is 0 Å². The molecule has 1 aromatic rings. The zero-order valence-corrected chi connectivity index (χ0v) is 18.8. The second-order valence-corrected chi connectivity index (χ2v) is 9.49. The Balaban J connectivity index is 1.40. The first-order valence-electron chi connectivity index (χ1n) is 11.3. The van der Waals surface area contributed by atoms with Crippen molar-refractivity contribution < 1.29 is 14.4 Å². The molecule has 7 nitrogen and oxygen atoms in total. The lowest BCUT2D eigenvalue weighted by molar-refractivity contribution is -0.137. The largest absolute Gasteiger partial charge is 0.353 e. The first-order chi connectivity index (χ1) is 14.9. The average molecular weight is 447 g/mol. The van der Waals surface area contributed by atoms with Crippen molar-refractivity contribution in [2.24, 2.45) is 5.92 Å². The molecule has 3 unspecified atom stereocenters. The molecule has 2 saturated heterocycles. The number of rotatable bonds is 6. The first-order valence-corrected chi connectivity index (χ1v) is 11.7. The number of halogens is 1. The number of likely N-dealkylation sites (tertiary alicyclic amines) is 1. The molecule has 0 aromatic heterocycles. The summed E-state index contributed by atoms with van der Waals surface area (Å²) in [6.07, 6.45) is 5.79. The smallest absolute Gasteiger partial charge is 0.325 e. The lowest BCUT2D eigenvalue weighted by Gasteiger charge is -2.36. The van der Waals surface area contributed by atoms with E-state index in [2.05, 4.69) is 15.5 Å². The number of benzene rings is 1. The summed E-state index contributed by atoms with van der Waals surface area (Å²) < 4.78 is 0. The van der Waals surface area contributed by atoms with Gasteiger partial charge in [-0.15, -0.1) is 0 Å². The third-order valence-electron chi connectivity index (χ3n) is 7.11. The van der Waals surface area contributed by atoms with Gasteiger partial charge < -0.3 is 10.6 Å². The van der Waals surface area contributed by atoms with Crippen LogP contribution in [0.5, 0.6) is 0 Å². The van der Waals surface area contributed by atoms with Gasteiger partial charge in [-0.3, -0.25) is 19.4 Å². The second kappa shape index (κ2) is 9.17. The number of carbonyl (C=O) groups excluding carboxylic acids is 3. The van der Waals surface area contributed by atoms with Crippen LogP contribution < -0.4 is 10.6 Å². The molecule has 3 aliphatic rings. The fourth-order valence-corrected chi connectivity index (χ4v) is 5.47. The molecule has 2 heterocycles. The van der Waals surface area contributed by atoms with Crippen LogP contribution in [0.4, 0.5) is 4.79 Å². The number of carbonyl (C=O) groups is 3. The summed E-state index contributed by atoms with van der Waals surface area (Å²) in [6.45, 7) is 4.11. The minimum atomic E-state index is -0.839. The molecule has 2 N–H and O–H groups in total. The fraction of sp³-hybridized carbons (Fsp3) is 0.609. The maximum atomic E-state index is 13.1. The SMILES string of the molecule is CC1CCCCC12NC(=O)N(CC(=O)NCC(c1cccc(Cl)c1)N1CCCC1)C2=O. The summed E-state index contributed by atoms with van der Waals surface area (Å²) in [5.74, 6) is -0.505. The molecule has 31 heavy (non-hydrogen) atoms. The molecule has 3 fully saturated rings. The highest BCUT2D eigenvalue weighted by Crippen LogP contribution is 2.38. The third kappa shape index (κ3) is 4.44.